The number of aliphatic hydroxyl groups is 5. The van der Waals surface area contributed by atoms with Gasteiger partial charge in [-0.3, -0.25) is 4.79 Å². The molecule has 0 saturated carbocycles. The van der Waals surface area contributed by atoms with Crippen LogP contribution in [0.15, 0.2) is 5.16 Å². The van der Waals surface area contributed by atoms with Gasteiger partial charge in [0.25, 0.3) is 0 Å². The molecule has 3 aliphatic heterocycles. The third-order valence-corrected chi connectivity index (χ3v) is 12.3. The Kier molecular flexibility index (Phi) is 18.6. The van der Waals surface area contributed by atoms with E-state index >= 15 is 0 Å². The molecule has 17 heteroatoms. The Morgan fingerprint density at radius 1 is 0.912 bits per heavy atom. The van der Waals surface area contributed by atoms with Crippen molar-refractivity contribution in [2.75, 3.05) is 41.3 Å². The molecule has 3 unspecified atom stereocenters. The number of methoxy groups -OCH3 is 2. The zero-order valence-electron chi connectivity index (χ0n) is 36.4. The summed E-state index contributed by atoms with van der Waals surface area (Å²) in [7, 11) is 4.77. The Labute approximate surface area is 339 Å². The largest absolute Gasteiger partial charge is 0.459 e. The van der Waals surface area contributed by atoms with E-state index in [9.17, 15) is 30.3 Å². The zero-order valence-corrected chi connectivity index (χ0v) is 36.4. The number of carbonyl (C=O) groups excluding carboxylic acids is 1. The first-order valence-corrected chi connectivity index (χ1v) is 20.4. The molecule has 0 aromatic rings. The molecule has 3 saturated heterocycles. The van der Waals surface area contributed by atoms with E-state index in [4.69, 9.17) is 42.7 Å². The van der Waals surface area contributed by atoms with Crippen LogP contribution in [-0.2, 0) is 47.5 Å². The van der Waals surface area contributed by atoms with E-state index in [-0.39, 0.29) is 44.8 Å². The van der Waals surface area contributed by atoms with E-state index in [1.165, 1.54) is 14.0 Å². The Balaban J connectivity index is 2.21. The Morgan fingerprint density at radius 3 is 2.18 bits per heavy atom. The molecule has 0 aromatic heterocycles. The second-order valence-corrected chi connectivity index (χ2v) is 17.1. The SMILES string of the molecule is CC[C@H]1OC(=O)[C@H](C)[C@@H](O[C@H]2C[C@](C)(OC)[C@@H](O)C(C)O2)[C@H](C)[C@@H](O[C@@H]2OC(C)C[C@@H](NC)C2O)[C@](C)(O)C[C@@H](C)/C(=N\OCOCCOC)[C@H](C)[C@@H](O)[C@]1(C)O. The lowest BCUT2D eigenvalue weighted by molar-refractivity contribution is -0.315. The first-order valence-electron chi connectivity index (χ1n) is 20.4. The number of nitrogens with zero attached hydrogens (tertiary/aromatic N) is 1. The van der Waals surface area contributed by atoms with Gasteiger partial charge < -0.3 is 73.6 Å². The maximum absolute atomic E-state index is 14.3. The topological polar surface area (TPSA) is 226 Å². The monoisotopic (exact) mass is 823 g/mol. The summed E-state index contributed by atoms with van der Waals surface area (Å²) < 4.78 is 47.9. The zero-order chi connectivity index (χ0) is 43.0. The molecular weight excluding hydrogens is 748 g/mol. The molecule has 0 bridgehead atoms. The highest BCUT2D eigenvalue weighted by atomic mass is 16.7. The average Bonchev–Trinajstić information content (AvgIpc) is 3.15. The van der Waals surface area contributed by atoms with Gasteiger partial charge in [0.05, 0.1) is 66.6 Å². The number of carbonyl (C=O) groups is 1. The highest BCUT2D eigenvalue weighted by Crippen LogP contribution is 2.41. The Morgan fingerprint density at radius 2 is 1.58 bits per heavy atom. The molecule has 3 fully saturated rings. The van der Waals surface area contributed by atoms with Crippen LogP contribution in [0.1, 0.15) is 94.9 Å². The molecule has 0 radical (unpaired) electrons. The van der Waals surface area contributed by atoms with Crippen molar-refractivity contribution in [2.24, 2.45) is 28.8 Å². The lowest BCUT2D eigenvalue weighted by Gasteiger charge is -2.49. The van der Waals surface area contributed by atoms with Crippen molar-refractivity contribution in [1.29, 1.82) is 0 Å². The van der Waals surface area contributed by atoms with Gasteiger partial charge in [0.1, 0.15) is 23.9 Å². The van der Waals surface area contributed by atoms with Gasteiger partial charge >= 0.3 is 5.97 Å². The molecule has 0 spiro atoms. The average molecular weight is 823 g/mol. The summed E-state index contributed by atoms with van der Waals surface area (Å²) in [5, 5.41) is 66.4. The summed E-state index contributed by atoms with van der Waals surface area (Å²) >= 11 is 0. The van der Waals surface area contributed by atoms with Crippen molar-refractivity contribution in [2.45, 2.75) is 179 Å². The van der Waals surface area contributed by atoms with Gasteiger partial charge in [0.2, 0.25) is 6.79 Å². The van der Waals surface area contributed by atoms with E-state index in [0.717, 1.165) is 0 Å². The lowest BCUT2D eigenvalue weighted by Crippen LogP contribution is -2.61. The van der Waals surface area contributed by atoms with Crippen molar-refractivity contribution in [3.05, 3.63) is 0 Å². The molecule has 6 N–H and O–H groups in total. The molecule has 3 heterocycles. The van der Waals surface area contributed by atoms with E-state index in [0.29, 0.717) is 18.7 Å². The highest BCUT2D eigenvalue weighted by molar-refractivity contribution is 5.88. The van der Waals surface area contributed by atoms with Crippen molar-refractivity contribution in [3.8, 4) is 0 Å². The Bertz CT molecular complexity index is 1270. The third-order valence-electron chi connectivity index (χ3n) is 12.3. The minimum absolute atomic E-state index is 0.0323. The van der Waals surface area contributed by atoms with Crippen molar-refractivity contribution < 1.29 is 73.1 Å². The fraction of sp³-hybridized carbons (Fsp3) is 0.950. The number of hydrogen-bond donors (Lipinski definition) is 6. The van der Waals surface area contributed by atoms with Crippen LogP contribution in [0.5, 0.6) is 0 Å². The smallest absolute Gasteiger partial charge is 0.311 e. The standard InChI is InChI=1S/C40H74N2O15/c1-14-28-40(10,48)33(44)23(4)30(42-52-20-51-16-15-49-12)21(2)18-38(8,47)35(57-37-31(43)27(41-11)17-22(3)53-37)24(5)32(25(6)36(46)55-28)56-29-19-39(9,50-13)34(45)26(7)54-29/h21-29,31-35,37,41,43-45,47-48H,14-20H2,1-13H3/b42-30+/t21-,22?,23+,24+,25-,26?,27-,28-,29+,31?,32+,33-,34+,35-,37+,38-,39+,40-/m1/s1. The molecule has 0 amide bonds. The molecule has 0 aliphatic carbocycles. The maximum atomic E-state index is 14.3. The number of oxime groups is 1. The number of nitrogens with one attached hydrogen (secondary N) is 1. The summed E-state index contributed by atoms with van der Waals surface area (Å²) in [6.07, 6.45) is -9.54. The van der Waals surface area contributed by atoms with E-state index in [1.807, 2.05) is 6.92 Å². The Hall–Kier alpha value is -1.58. The van der Waals surface area contributed by atoms with Crippen LogP contribution in [0, 0.1) is 23.7 Å². The van der Waals surface area contributed by atoms with Crippen LogP contribution in [-0.4, -0.2) is 163 Å². The molecule has 57 heavy (non-hydrogen) atoms. The number of hydrogen-bond acceptors (Lipinski definition) is 17. The van der Waals surface area contributed by atoms with E-state index in [1.54, 1.807) is 69.5 Å². The van der Waals surface area contributed by atoms with Crippen molar-refractivity contribution in [1.82, 2.24) is 5.32 Å². The summed E-state index contributed by atoms with van der Waals surface area (Å²) in [4.78, 5) is 19.8. The van der Waals surface area contributed by atoms with Crippen molar-refractivity contribution >= 4 is 11.7 Å². The molecule has 3 aliphatic rings. The summed E-state index contributed by atoms with van der Waals surface area (Å²) in [5.74, 6) is -4.14. The fourth-order valence-electron chi connectivity index (χ4n) is 8.73. The second kappa shape index (κ2) is 21.3. The van der Waals surface area contributed by atoms with E-state index in [2.05, 4.69) is 10.5 Å². The van der Waals surface area contributed by atoms with Crippen LogP contribution in [0.3, 0.4) is 0 Å². The summed E-state index contributed by atoms with van der Waals surface area (Å²) in [6.45, 7) is 17.2. The van der Waals surface area contributed by atoms with Crippen LogP contribution < -0.4 is 5.32 Å². The predicted octanol–water partition coefficient (Wildman–Crippen LogP) is 1.87. The molecule has 17 nitrogen and oxygen atoms in total. The second-order valence-electron chi connectivity index (χ2n) is 17.1. The lowest BCUT2D eigenvalue weighted by atomic mass is 9.73. The fourth-order valence-corrected chi connectivity index (χ4v) is 8.73. The number of aliphatic hydroxyl groups excluding tert-OH is 3. The van der Waals surface area contributed by atoms with Crippen LogP contribution in [0.4, 0.5) is 0 Å². The van der Waals surface area contributed by atoms with E-state index < -0.39 is 102 Å². The van der Waals surface area contributed by atoms with Gasteiger partial charge in [-0.25, -0.2) is 0 Å². The summed E-state index contributed by atoms with van der Waals surface area (Å²) in [6, 6.07) is -0.379. The maximum Gasteiger partial charge on any atom is 0.311 e. The number of rotatable bonds is 13. The van der Waals surface area contributed by atoms with Gasteiger partial charge in [-0.2, -0.15) is 0 Å². The van der Waals surface area contributed by atoms with Crippen molar-refractivity contribution in [3.63, 3.8) is 0 Å². The van der Waals surface area contributed by atoms with Crippen LogP contribution in [0.2, 0.25) is 0 Å². The van der Waals surface area contributed by atoms with Gasteiger partial charge in [-0.1, -0.05) is 32.9 Å². The van der Waals surface area contributed by atoms with Gasteiger partial charge in [0, 0.05) is 44.4 Å². The highest BCUT2D eigenvalue weighted by Gasteiger charge is 2.53. The first kappa shape index (κ1) is 49.8. The van der Waals surface area contributed by atoms with Crippen LogP contribution in [0.25, 0.3) is 0 Å². The number of likely N-dealkylation sites (N-methyl/N-ethyl adjacent to an activating group) is 1. The quantitative estimate of drug-likeness (QED) is 0.0675. The molecule has 3 rings (SSSR count). The predicted molar refractivity (Wildman–Crippen MR) is 208 cm³/mol. The normalized spacial score (nSPS) is 46.3. The molecule has 0 aromatic carbocycles. The first-order chi connectivity index (χ1) is 26.6. The minimum atomic E-state index is -1.97. The van der Waals surface area contributed by atoms with Gasteiger partial charge in [-0.05, 0) is 67.9 Å². The number of esters is 1. The van der Waals surface area contributed by atoms with Crippen LogP contribution >= 0.6 is 0 Å². The minimum Gasteiger partial charge on any atom is -0.459 e. The number of cyclic esters (lactones) is 1. The molecule has 334 valence electrons. The summed E-state index contributed by atoms with van der Waals surface area (Å²) in [5.41, 5.74) is -4.49. The van der Waals surface area contributed by atoms with Gasteiger partial charge in [0.15, 0.2) is 12.6 Å². The van der Waals surface area contributed by atoms with Gasteiger partial charge in [-0.15, -0.1) is 0 Å². The number of ether oxygens (including phenoxy) is 8. The third kappa shape index (κ3) is 12.0. The molecule has 18 atom stereocenters. The molecular formula is C40H74N2O15.